The third-order valence-corrected chi connectivity index (χ3v) is 5.68. The van der Waals surface area contributed by atoms with Gasteiger partial charge in [0, 0.05) is 11.6 Å². The number of ether oxygens (including phenoxy) is 1. The predicted octanol–water partition coefficient (Wildman–Crippen LogP) is 5.18. The van der Waals surface area contributed by atoms with Crippen LogP contribution >= 0.6 is 0 Å². The van der Waals surface area contributed by atoms with Crippen LogP contribution in [0, 0.1) is 13.8 Å². The van der Waals surface area contributed by atoms with E-state index in [-0.39, 0.29) is 5.91 Å². The molecule has 1 amide bonds. The molecular formula is C25H24N4O2. The SMILES string of the molecule is COc1ccc(C)cc1NC(=O)c1cc(C2CC2)nc2c1c(C)nn2-c1ccccc1. The van der Waals surface area contributed by atoms with Crippen LogP contribution in [0.5, 0.6) is 5.75 Å². The van der Waals surface area contributed by atoms with Crippen molar-refractivity contribution in [2.45, 2.75) is 32.6 Å². The summed E-state index contributed by atoms with van der Waals surface area (Å²) < 4.78 is 7.27. The Morgan fingerprint density at radius 3 is 2.58 bits per heavy atom. The largest absolute Gasteiger partial charge is 0.495 e. The van der Waals surface area contributed by atoms with Crippen molar-refractivity contribution in [2.75, 3.05) is 12.4 Å². The van der Waals surface area contributed by atoms with Crippen LogP contribution in [0.1, 0.15) is 46.1 Å². The Balaban J connectivity index is 1.65. The molecular weight excluding hydrogens is 388 g/mol. The van der Waals surface area contributed by atoms with E-state index in [1.54, 1.807) is 7.11 Å². The molecule has 1 aliphatic rings. The molecule has 0 aliphatic heterocycles. The van der Waals surface area contributed by atoms with Crippen molar-refractivity contribution < 1.29 is 9.53 Å². The Labute approximate surface area is 180 Å². The average Bonchev–Trinajstić information content (AvgIpc) is 3.58. The van der Waals surface area contributed by atoms with E-state index in [2.05, 4.69) is 5.32 Å². The fourth-order valence-electron chi connectivity index (χ4n) is 3.93. The Morgan fingerprint density at radius 1 is 1.10 bits per heavy atom. The van der Waals surface area contributed by atoms with Gasteiger partial charge in [-0.25, -0.2) is 9.67 Å². The van der Waals surface area contributed by atoms with Crippen molar-refractivity contribution >= 4 is 22.6 Å². The number of hydrogen-bond acceptors (Lipinski definition) is 4. The third-order valence-electron chi connectivity index (χ3n) is 5.68. The van der Waals surface area contributed by atoms with Crippen molar-refractivity contribution in [3.05, 3.63) is 77.1 Å². The van der Waals surface area contributed by atoms with Crippen molar-refractivity contribution in [3.8, 4) is 11.4 Å². The van der Waals surface area contributed by atoms with Crippen LogP contribution in [0.2, 0.25) is 0 Å². The summed E-state index contributed by atoms with van der Waals surface area (Å²) in [5.41, 5.74) is 5.65. The third kappa shape index (κ3) is 3.54. The van der Waals surface area contributed by atoms with E-state index in [4.69, 9.17) is 14.8 Å². The van der Waals surface area contributed by atoms with E-state index in [0.29, 0.717) is 22.9 Å². The van der Waals surface area contributed by atoms with Gasteiger partial charge in [-0.3, -0.25) is 4.79 Å². The lowest BCUT2D eigenvalue weighted by atomic mass is 10.1. The summed E-state index contributed by atoms with van der Waals surface area (Å²) in [6.07, 6.45) is 2.20. The van der Waals surface area contributed by atoms with Crippen molar-refractivity contribution in [1.82, 2.24) is 14.8 Å². The Bertz CT molecular complexity index is 1290. The number of carbonyl (C=O) groups excluding carboxylic acids is 1. The molecule has 156 valence electrons. The number of hydrogen-bond donors (Lipinski definition) is 1. The van der Waals surface area contributed by atoms with Crippen LogP contribution in [0.25, 0.3) is 16.7 Å². The van der Waals surface area contributed by atoms with E-state index >= 15 is 0 Å². The zero-order valence-corrected chi connectivity index (χ0v) is 17.8. The number of benzene rings is 2. The normalized spacial score (nSPS) is 13.4. The van der Waals surface area contributed by atoms with Gasteiger partial charge in [-0.1, -0.05) is 24.3 Å². The highest BCUT2D eigenvalue weighted by atomic mass is 16.5. The van der Waals surface area contributed by atoms with Gasteiger partial charge in [-0.2, -0.15) is 5.10 Å². The number of carbonyl (C=O) groups is 1. The Hall–Kier alpha value is -3.67. The van der Waals surface area contributed by atoms with Gasteiger partial charge >= 0.3 is 0 Å². The van der Waals surface area contributed by atoms with Gasteiger partial charge < -0.3 is 10.1 Å². The molecule has 2 aromatic carbocycles. The van der Waals surface area contributed by atoms with Crippen LogP contribution in [0.3, 0.4) is 0 Å². The Morgan fingerprint density at radius 2 is 1.87 bits per heavy atom. The quantitative estimate of drug-likeness (QED) is 0.491. The minimum atomic E-state index is -0.186. The summed E-state index contributed by atoms with van der Waals surface area (Å²) in [4.78, 5) is 18.4. The fourth-order valence-corrected chi connectivity index (χ4v) is 3.93. The van der Waals surface area contributed by atoms with Crippen molar-refractivity contribution in [1.29, 1.82) is 0 Å². The molecule has 5 rings (SSSR count). The van der Waals surface area contributed by atoms with Crippen LogP contribution in [0.4, 0.5) is 5.69 Å². The van der Waals surface area contributed by atoms with Gasteiger partial charge in [0.15, 0.2) is 5.65 Å². The number of fused-ring (bicyclic) bond motifs is 1. The van der Waals surface area contributed by atoms with Gasteiger partial charge in [0.05, 0.1) is 35.1 Å². The lowest BCUT2D eigenvalue weighted by molar-refractivity contribution is 0.102. The van der Waals surface area contributed by atoms with Gasteiger partial charge in [0.2, 0.25) is 0 Å². The second-order valence-corrected chi connectivity index (χ2v) is 8.06. The first-order chi connectivity index (χ1) is 15.0. The number of nitrogens with one attached hydrogen (secondary N) is 1. The molecule has 0 spiro atoms. The summed E-state index contributed by atoms with van der Waals surface area (Å²) in [6, 6.07) is 17.6. The van der Waals surface area contributed by atoms with E-state index in [1.807, 2.05) is 73.1 Å². The fraction of sp³-hybridized carbons (Fsp3) is 0.240. The van der Waals surface area contributed by atoms with Gasteiger partial charge in [0.25, 0.3) is 5.91 Å². The molecule has 31 heavy (non-hydrogen) atoms. The molecule has 1 aliphatic carbocycles. The Kier molecular flexibility index (Phi) is 4.70. The lowest BCUT2D eigenvalue weighted by Crippen LogP contribution is -2.14. The maximum absolute atomic E-state index is 13.5. The molecule has 4 aromatic rings. The molecule has 2 aromatic heterocycles. The van der Waals surface area contributed by atoms with Crippen LogP contribution < -0.4 is 10.1 Å². The van der Waals surface area contributed by atoms with Crippen molar-refractivity contribution in [2.24, 2.45) is 0 Å². The smallest absolute Gasteiger partial charge is 0.256 e. The molecule has 6 nitrogen and oxygen atoms in total. The highest BCUT2D eigenvalue weighted by Crippen LogP contribution is 2.41. The number of aromatic nitrogens is 3. The molecule has 1 saturated carbocycles. The summed E-state index contributed by atoms with van der Waals surface area (Å²) >= 11 is 0. The second-order valence-electron chi connectivity index (χ2n) is 8.06. The highest BCUT2D eigenvalue weighted by molar-refractivity contribution is 6.13. The van der Waals surface area contributed by atoms with E-state index in [9.17, 15) is 4.79 Å². The monoisotopic (exact) mass is 412 g/mol. The van der Waals surface area contributed by atoms with Gasteiger partial charge in [-0.15, -0.1) is 0 Å². The minimum absolute atomic E-state index is 0.186. The molecule has 1 N–H and O–H groups in total. The number of aryl methyl sites for hydroxylation is 2. The van der Waals surface area contributed by atoms with Crippen LogP contribution in [-0.4, -0.2) is 27.8 Å². The molecule has 0 radical (unpaired) electrons. The number of amides is 1. The molecule has 0 atom stereocenters. The molecule has 0 saturated heterocycles. The lowest BCUT2D eigenvalue weighted by Gasteiger charge is -2.13. The number of para-hydroxylation sites is 1. The molecule has 6 heteroatoms. The molecule has 0 bridgehead atoms. The van der Waals surface area contributed by atoms with Gasteiger partial charge in [-0.05, 0) is 62.6 Å². The molecule has 1 fully saturated rings. The number of rotatable bonds is 5. The first kappa shape index (κ1) is 19.3. The topological polar surface area (TPSA) is 69.0 Å². The zero-order chi connectivity index (χ0) is 21.5. The average molecular weight is 412 g/mol. The first-order valence-corrected chi connectivity index (χ1v) is 10.5. The minimum Gasteiger partial charge on any atom is -0.495 e. The first-order valence-electron chi connectivity index (χ1n) is 10.5. The number of pyridine rings is 1. The zero-order valence-electron chi connectivity index (χ0n) is 17.8. The standard InChI is InChI=1S/C25H24N4O2/c1-15-9-12-22(31-3)21(13-15)27-25(30)19-14-20(17-10-11-17)26-24-23(19)16(2)28-29(24)18-7-5-4-6-8-18/h4-9,12-14,17H,10-11H2,1-3H3,(H,27,30). The van der Waals surface area contributed by atoms with Crippen molar-refractivity contribution in [3.63, 3.8) is 0 Å². The molecule has 2 heterocycles. The van der Waals surface area contributed by atoms with E-state index < -0.39 is 0 Å². The number of methoxy groups -OCH3 is 1. The second kappa shape index (κ2) is 7.54. The summed E-state index contributed by atoms with van der Waals surface area (Å²) in [7, 11) is 1.60. The number of nitrogens with zero attached hydrogens (tertiary/aromatic N) is 3. The van der Waals surface area contributed by atoms with Crippen LogP contribution in [-0.2, 0) is 0 Å². The van der Waals surface area contributed by atoms with E-state index in [1.165, 1.54) is 0 Å². The van der Waals surface area contributed by atoms with Crippen LogP contribution in [0.15, 0.2) is 54.6 Å². The number of anilines is 1. The van der Waals surface area contributed by atoms with E-state index in [0.717, 1.165) is 46.5 Å². The highest BCUT2D eigenvalue weighted by Gasteiger charge is 2.29. The summed E-state index contributed by atoms with van der Waals surface area (Å²) in [5, 5.41) is 8.55. The maximum Gasteiger partial charge on any atom is 0.256 e. The maximum atomic E-state index is 13.5. The van der Waals surface area contributed by atoms with Gasteiger partial charge in [0.1, 0.15) is 5.75 Å². The summed E-state index contributed by atoms with van der Waals surface area (Å²) in [5.74, 6) is 0.848. The predicted molar refractivity (Wildman–Crippen MR) is 121 cm³/mol. The molecule has 0 unspecified atom stereocenters. The summed E-state index contributed by atoms with van der Waals surface area (Å²) in [6.45, 7) is 3.91.